The van der Waals surface area contributed by atoms with Gasteiger partial charge in [-0.1, -0.05) is 0 Å². The molecule has 1 aliphatic rings. The molecular formula is C11H14FNO. The fourth-order valence-corrected chi connectivity index (χ4v) is 1.60. The van der Waals surface area contributed by atoms with Gasteiger partial charge in [0.15, 0.2) is 0 Å². The lowest BCUT2D eigenvalue weighted by Gasteiger charge is -2.21. The maximum Gasteiger partial charge on any atom is 0.145 e. The molecule has 1 aromatic rings. The van der Waals surface area contributed by atoms with Gasteiger partial charge in [0.05, 0.1) is 12.8 Å². The van der Waals surface area contributed by atoms with Gasteiger partial charge in [-0.2, -0.15) is 0 Å². The molecule has 1 aromatic carbocycles. The third-order valence-electron chi connectivity index (χ3n) is 2.62. The second-order valence-electron chi connectivity index (χ2n) is 3.66. The Morgan fingerprint density at radius 2 is 2.14 bits per heavy atom. The average Bonchev–Trinajstić information content (AvgIpc) is 3.00. The zero-order valence-electron chi connectivity index (χ0n) is 8.46. The number of nitrogens with zero attached hydrogens (tertiary/aromatic N) is 1. The SMILES string of the molecule is COc1cc(F)ccc1N(C)C1CC1. The average molecular weight is 195 g/mol. The largest absolute Gasteiger partial charge is 0.494 e. The highest BCUT2D eigenvalue weighted by atomic mass is 19.1. The van der Waals surface area contributed by atoms with Crippen LogP contribution in [-0.2, 0) is 0 Å². The second-order valence-corrected chi connectivity index (χ2v) is 3.66. The quantitative estimate of drug-likeness (QED) is 0.734. The van der Waals surface area contributed by atoms with Crippen LogP contribution in [0.1, 0.15) is 12.8 Å². The molecule has 2 rings (SSSR count). The smallest absolute Gasteiger partial charge is 0.145 e. The number of halogens is 1. The summed E-state index contributed by atoms with van der Waals surface area (Å²) >= 11 is 0. The lowest BCUT2D eigenvalue weighted by Crippen LogP contribution is -2.20. The fourth-order valence-electron chi connectivity index (χ4n) is 1.60. The van der Waals surface area contributed by atoms with Gasteiger partial charge in [0.25, 0.3) is 0 Å². The van der Waals surface area contributed by atoms with E-state index in [1.54, 1.807) is 13.2 Å². The Morgan fingerprint density at radius 1 is 1.43 bits per heavy atom. The van der Waals surface area contributed by atoms with E-state index in [4.69, 9.17) is 4.74 Å². The molecule has 0 spiro atoms. The van der Waals surface area contributed by atoms with Gasteiger partial charge in [-0.25, -0.2) is 4.39 Å². The molecule has 0 radical (unpaired) electrons. The molecule has 0 aliphatic heterocycles. The second kappa shape index (κ2) is 3.48. The highest BCUT2D eigenvalue weighted by Crippen LogP contribution is 2.35. The summed E-state index contributed by atoms with van der Waals surface area (Å²) in [4.78, 5) is 2.15. The molecule has 2 nitrogen and oxygen atoms in total. The van der Waals surface area contributed by atoms with Gasteiger partial charge in [-0.3, -0.25) is 0 Å². The first kappa shape index (κ1) is 9.31. The van der Waals surface area contributed by atoms with Crippen LogP contribution in [0.15, 0.2) is 18.2 Å². The van der Waals surface area contributed by atoms with Crippen molar-refractivity contribution in [1.82, 2.24) is 0 Å². The van der Waals surface area contributed by atoms with Gasteiger partial charge in [-0.05, 0) is 25.0 Å². The van der Waals surface area contributed by atoms with Crippen LogP contribution in [0.3, 0.4) is 0 Å². The number of methoxy groups -OCH3 is 1. The van der Waals surface area contributed by atoms with Crippen molar-refractivity contribution in [2.45, 2.75) is 18.9 Å². The lowest BCUT2D eigenvalue weighted by atomic mass is 10.2. The molecule has 1 aliphatic carbocycles. The van der Waals surface area contributed by atoms with Gasteiger partial charge in [-0.15, -0.1) is 0 Å². The molecule has 0 N–H and O–H groups in total. The van der Waals surface area contributed by atoms with Crippen molar-refractivity contribution in [1.29, 1.82) is 0 Å². The van der Waals surface area contributed by atoms with Crippen molar-refractivity contribution in [2.24, 2.45) is 0 Å². The van der Waals surface area contributed by atoms with Gasteiger partial charge < -0.3 is 9.64 Å². The van der Waals surface area contributed by atoms with E-state index >= 15 is 0 Å². The third kappa shape index (κ3) is 1.67. The first-order valence-corrected chi connectivity index (χ1v) is 4.78. The molecule has 0 bridgehead atoms. The van der Waals surface area contributed by atoms with E-state index in [0.717, 1.165) is 5.69 Å². The molecule has 1 saturated carbocycles. The molecule has 0 heterocycles. The minimum absolute atomic E-state index is 0.255. The molecule has 0 atom stereocenters. The van der Waals surface area contributed by atoms with E-state index in [-0.39, 0.29) is 5.82 Å². The molecule has 3 heteroatoms. The molecule has 76 valence electrons. The molecule has 1 fully saturated rings. The van der Waals surface area contributed by atoms with Crippen molar-refractivity contribution in [3.05, 3.63) is 24.0 Å². The van der Waals surface area contributed by atoms with Crippen LogP contribution in [-0.4, -0.2) is 20.2 Å². The van der Waals surface area contributed by atoms with Crippen molar-refractivity contribution in [3.63, 3.8) is 0 Å². The number of benzene rings is 1. The van der Waals surface area contributed by atoms with Crippen LogP contribution in [0, 0.1) is 5.82 Å². The summed E-state index contributed by atoms with van der Waals surface area (Å²) in [7, 11) is 3.59. The van der Waals surface area contributed by atoms with Crippen LogP contribution < -0.4 is 9.64 Å². The van der Waals surface area contributed by atoms with E-state index in [0.29, 0.717) is 11.8 Å². The summed E-state index contributed by atoms with van der Waals surface area (Å²) in [6.45, 7) is 0. The number of ether oxygens (including phenoxy) is 1. The summed E-state index contributed by atoms with van der Waals surface area (Å²) in [6.07, 6.45) is 2.44. The summed E-state index contributed by atoms with van der Waals surface area (Å²) in [5, 5.41) is 0. The Bertz CT molecular complexity index is 336. The molecule has 0 amide bonds. The summed E-state index contributed by atoms with van der Waals surface area (Å²) in [6, 6.07) is 5.27. The maximum absolute atomic E-state index is 12.9. The van der Waals surface area contributed by atoms with Gasteiger partial charge in [0.2, 0.25) is 0 Å². The maximum atomic E-state index is 12.9. The summed E-state index contributed by atoms with van der Waals surface area (Å²) < 4.78 is 18.1. The molecular weight excluding hydrogens is 181 g/mol. The van der Waals surface area contributed by atoms with E-state index in [1.165, 1.54) is 25.0 Å². The van der Waals surface area contributed by atoms with Crippen molar-refractivity contribution in [2.75, 3.05) is 19.1 Å². The lowest BCUT2D eigenvalue weighted by molar-refractivity contribution is 0.411. The summed E-state index contributed by atoms with van der Waals surface area (Å²) in [5.74, 6) is 0.356. The highest BCUT2D eigenvalue weighted by Gasteiger charge is 2.27. The first-order valence-electron chi connectivity index (χ1n) is 4.78. The summed E-state index contributed by atoms with van der Waals surface area (Å²) in [5.41, 5.74) is 0.969. The van der Waals surface area contributed by atoms with Gasteiger partial charge in [0, 0.05) is 19.2 Å². The topological polar surface area (TPSA) is 12.5 Å². The van der Waals surface area contributed by atoms with Crippen LogP contribution in [0.25, 0.3) is 0 Å². The monoisotopic (exact) mass is 195 g/mol. The highest BCUT2D eigenvalue weighted by molar-refractivity contribution is 5.59. The van der Waals surface area contributed by atoms with E-state index in [2.05, 4.69) is 4.90 Å². The number of anilines is 1. The number of hydrogen-bond acceptors (Lipinski definition) is 2. The van der Waals surface area contributed by atoms with Gasteiger partial charge in [0.1, 0.15) is 11.6 Å². The normalized spacial score (nSPS) is 15.4. The Morgan fingerprint density at radius 3 is 2.71 bits per heavy atom. The zero-order chi connectivity index (χ0) is 10.1. The van der Waals surface area contributed by atoms with E-state index in [1.807, 2.05) is 7.05 Å². The zero-order valence-corrected chi connectivity index (χ0v) is 8.46. The molecule has 0 saturated heterocycles. The predicted molar refractivity (Wildman–Crippen MR) is 54.4 cm³/mol. The van der Waals surface area contributed by atoms with Gasteiger partial charge >= 0.3 is 0 Å². The van der Waals surface area contributed by atoms with Crippen molar-refractivity contribution >= 4 is 5.69 Å². The minimum atomic E-state index is -0.255. The Hall–Kier alpha value is -1.25. The Balaban J connectivity index is 2.30. The van der Waals surface area contributed by atoms with E-state index in [9.17, 15) is 4.39 Å². The fraction of sp³-hybridized carbons (Fsp3) is 0.455. The Labute approximate surface area is 83.3 Å². The minimum Gasteiger partial charge on any atom is -0.494 e. The Kier molecular flexibility index (Phi) is 2.32. The van der Waals surface area contributed by atoms with E-state index < -0.39 is 0 Å². The third-order valence-corrected chi connectivity index (χ3v) is 2.62. The first-order chi connectivity index (χ1) is 6.72. The van der Waals surface area contributed by atoms with Crippen molar-refractivity contribution in [3.8, 4) is 5.75 Å². The van der Waals surface area contributed by atoms with Crippen LogP contribution in [0.4, 0.5) is 10.1 Å². The molecule has 0 aromatic heterocycles. The number of hydrogen-bond donors (Lipinski definition) is 0. The van der Waals surface area contributed by atoms with Crippen LogP contribution >= 0.6 is 0 Å². The van der Waals surface area contributed by atoms with Crippen LogP contribution in [0.2, 0.25) is 0 Å². The standard InChI is InChI=1S/C11H14FNO/c1-13(9-4-5-9)10-6-3-8(12)7-11(10)14-2/h3,6-7,9H,4-5H2,1-2H3. The van der Waals surface area contributed by atoms with Crippen molar-refractivity contribution < 1.29 is 9.13 Å². The molecule has 0 unspecified atom stereocenters. The number of rotatable bonds is 3. The molecule has 14 heavy (non-hydrogen) atoms. The predicted octanol–water partition coefficient (Wildman–Crippen LogP) is 2.43. The van der Waals surface area contributed by atoms with Crippen LogP contribution in [0.5, 0.6) is 5.75 Å².